The van der Waals surface area contributed by atoms with Crippen molar-refractivity contribution in [1.29, 1.82) is 0 Å². The minimum atomic E-state index is -0.981. The maximum Gasteiger partial charge on any atom is 0.166 e. The monoisotopic (exact) mass is 341 g/mol. The Kier molecular flexibility index (Phi) is 4.26. The van der Waals surface area contributed by atoms with Gasteiger partial charge in [0.2, 0.25) is 0 Å². The zero-order valence-corrected chi connectivity index (χ0v) is 14.4. The van der Waals surface area contributed by atoms with Crippen molar-refractivity contribution in [3.63, 3.8) is 0 Å². The van der Waals surface area contributed by atoms with E-state index >= 15 is 0 Å². The van der Waals surface area contributed by atoms with Crippen LogP contribution in [-0.4, -0.2) is 30.2 Å². The topological polar surface area (TPSA) is 89.9 Å². The summed E-state index contributed by atoms with van der Waals surface area (Å²) in [6.07, 6.45) is 3.21. The summed E-state index contributed by atoms with van der Waals surface area (Å²) >= 11 is 0. The van der Waals surface area contributed by atoms with Crippen LogP contribution in [0.4, 0.5) is 10.2 Å². The van der Waals surface area contributed by atoms with E-state index in [1.165, 1.54) is 12.1 Å². The van der Waals surface area contributed by atoms with Crippen LogP contribution in [0.3, 0.4) is 0 Å². The highest BCUT2D eigenvalue weighted by atomic mass is 19.1. The van der Waals surface area contributed by atoms with Crippen molar-refractivity contribution >= 4 is 23.1 Å². The molecule has 0 aliphatic carbocycles. The summed E-state index contributed by atoms with van der Waals surface area (Å²) in [5.74, 6) is 0.874. The van der Waals surface area contributed by atoms with Crippen LogP contribution in [0.2, 0.25) is 0 Å². The number of halogens is 1. The van der Waals surface area contributed by atoms with E-state index in [4.69, 9.17) is 5.73 Å². The predicted molar refractivity (Wildman–Crippen MR) is 96.1 cm³/mol. The molecule has 6 nitrogen and oxygen atoms in total. The van der Waals surface area contributed by atoms with Crippen LogP contribution < -0.4 is 5.73 Å². The molecule has 0 aliphatic heterocycles. The first kappa shape index (κ1) is 17.0. The second-order valence-electron chi connectivity index (χ2n) is 6.32. The summed E-state index contributed by atoms with van der Waals surface area (Å²) in [6.45, 7) is 5.86. The molecule has 2 aromatic heterocycles. The second-order valence-corrected chi connectivity index (χ2v) is 6.32. The lowest BCUT2D eigenvalue weighted by Crippen LogP contribution is -2.13. The molecule has 0 spiro atoms. The van der Waals surface area contributed by atoms with E-state index in [2.05, 4.69) is 15.0 Å². The van der Waals surface area contributed by atoms with Gasteiger partial charge in [0.25, 0.3) is 0 Å². The van der Waals surface area contributed by atoms with Crippen LogP contribution in [-0.2, 0) is 6.54 Å². The summed E-state index contributed by atoms with van der Waals surface area (Å²) in [7, 11) is 0. The minimum Gasteiger partial charge on any atom is -0.386 e. The quantitative estimate of drug-likeness (QED) is 0.761. The molecule has 130 valence electrons. The van der Waals surface area contributed by atoms with Gasteiger partial charge in [-0.15, -0.1) is 0 Å². The van der Waals surface area contributed by atoms with E-state index in [0.29, 0.717) is 34.9 Å². The highest BCUT2D eigenvalue weighted by molar-refractivity contribution is 5.86. The van der Waals surface area contributed by atoms with Crippen molar-refractivity contribution in [3.05, 3.63) is 42.0 Å². The fourth-order valence-corrected chi connectivity index (χ4v) is 2.54. The Morgan fingerprint density at radius 1 is 1.28 bits per heavy atom. The third-order valence-corrected chi connectivity index (χ3v) is 3.68. The lowest BCUT2D eigenvalue weighted by molar-refractivity contribution is 0.134. The Morgan fingerprint density at radius 3 is 2.68 bits per heavy atom. The van der Waals surface area contributed by atoms with Gasteiger partial charge in [-0.3, -0.25) is 0 Å². The van der Waals surface area contributed by atoms with E-state index in [-0.39, 0.29) is 11.6 Å². The molecule has 7 heteroatoms. The average Bonchev–Trinajstić information content (AvgIpc) is 2.91. The van der Waals surface area contributed by atoms with E-state index < -0.39 is 5.60 Å². The molecule has 25 heavy (non-hydrogen) atoms. The Balaban J connectivity index is 2.19. The number of anilines is 1. The molecule has 0 radical (unpaired) electrons. The van der Waals surface area contributed by atoms with E-state index in [1.807, 2.05) is 11.5 Å². The third kappa shape index (κ3) is 3.51. The molecule has 3 rings (SSSR count). The zero-order chi connectivity index (χ0) is 18.2. The van der Waals surface area contributed by atoms with Gasteiger partial charge in [0, 0.05) is 12.1 Å². The molecule has 0 fully saturated rings. The number of aliphatic hydroxyl groups is 1. The number of nitrogens with two attached hydrogens (primary N) is 1. The van der Waals surface area contributed by atoms with Gasteiger partial charge in [-0.05, 0) is 45.1 Å². The SMILES string of the molecule is CCn1c(-c2cccc(F)c2)nc2c(N)nc(C=CC(C)(C)O)nc21. The van der Waals surface area contributed by atoms with Crippen LogP contribution in [0.25, 0.3) is 28.6 Å². The van der Waals surface area contributed by atoms with Gasteiger partial charge < -0.3 is 15.4 Å². The van der Waals surface area contributed by atoms with Gasteiger partial charge in [0.1, 0.15) is 11.6 Å². The standard InChI is InChI=1S/C18H20FN5O/c1-4-24-16(11-6-5-7-12(19)10-11)23-14-15(20)21-13(22-17(14)24)8-9-18(2,3)25/h5-10,25H,4H2,1-3H3,(H2,20,21,22). The van der Waals surface area contributed by atoms with Crippen LogP contribution >= 0.6 is 0 Å². The zero-order valence-electron chi connectivity index (χ0n) is 14.4. The van der Waals surface area contributed by atoms with Gasteiger partial charge in [0.05, 0.1) is 5.60 Å². The molecule has 3 N–H and O–H groups in total. The number of hydrogen-bond donors (Lipinski definition) is 2. The molecule has 3 aromatic rings. The van der Waals surface area contributed by atoms with Crippen molar-refractivity contribution in [2.45, 2.75) is 32.9 Å². The molecule has 0 amide bonds. The number of nitrogen functional groups attached to an aromatic ring is 1. The van der Waals surface area contributed by atoms with E-state index in [9.17, 15) is 9.50 Å². The summed E-state index contributed by atoms with van der Waals surface area (Å²) in [4.78, 5) is 13.2. The van der Waals surface area contributed by atoms with Crippen LogP contribution in [0, 0.1) is 5.82 Å². The van der Waals surface area contributed by atoms with Crippen LogP contribution in [0.1, 0.15) is 26.6 Å². The Bertz CT molecular complexity index is 956. The van der Waals surface area contributed by atoms with Gasteiger partial charge in [0.15, 0.2) is 22.8 Å². The molecule has 0 saturated carbocycles. The molecule has 0 aliphatic rings. The smallest absolute Gasteiger partial charge is 0.166 e. The summed E-state index contributed by atoms with van der Waals surface area (Å²) in [5, 5.41) is 9.81. The van der Waals surface area contributed by atoms with E-state index in [1.54, 1.807) is 38.1 Å². The highest BCUT2D eigenvalue weighted by Gasteiger charge is 2.17. The summed E-state index contributed by atoms with van der Waals surface area (Å²) in [5.41, 5.74) is 6.76. The largest absolute Gasteiger partial charge is 0.386 e. The lowest BCUT2D eigenvalue weighted by Gasteiger charge is -2.10. The molecule has 1 aromatic carbocycles. The van der Waals surface area contributed by atoms with Crippen molar-refractivity contribution in [1.82, 2.24) is 19.5 Å². The Labute approximate surface area is 144 Å². The number of aromatic nitrogens is 4. The molecular formula is C18H20FN5O. The van der Waals surface area contributed by atoms with Gasteiger partial charge >= 0.3 is 0 Å². The van der Waals surface area contributed by atoms with Crippen LogP contribution in [0.5, 0.6) is 0 Å². The second kappa shape index (κ2) is 6.25. The van der Waals surface area contributed by atoms with Crippen LogP contribution in [0.15, 0.2) is 30.3 Å². The number of hydrogen-bond acceptors (Lipinski definition) is 5. The molecule has 0 atom stereocenters. The van der Waals surface area contributed by atoms with E-state index in [0.717, 1.165) is 0 Å². The number of fused-ring (bicyclic) bond motifs is 1. The predicted octanol–water partition coefficient (Wildman–Crippen LogP) is 3.02. The fraction of sp³-hybridized carbons (Fsp3) is 0.278. The van der Waals surface area contributed by atoms with Crippen molar-refractivity contribution in [2.75, 3.05) is 5.73 Å². The van der Waals surface area contributed by atoms with Gasteiger partial charge in [-0.2, -0.15) is 0 Å². The highest BCUT2D eigenvalue weighted by Crippen LogP contribution is 2.27. The molecule has 0 bridgehead atoms. The summed E-state index contributed by atoms with van der Waals surface area (Å²) < 4.78 is 15.4. The van der Waals surface area contributed by atoms with Gasteiger partial charge in [-0.1, -0.05) is 12.1 Å². The third-order valence-electron chi connectivity index (χ3n) is 3.68. The number of nitrogens with zero attached hydrogens (tertiary/aromatic N) is 4. The van der Waals surface area contributed by atoms with Gasteiger partial charge in [-0.25, -0.2) is 19.3 Å². The molecule has 0 saturated heterocycles. The molecule has 0 unspecified atom stereocenters. The first-order chi connectivity index (χ1) is 11.8. The van der Waals surface area contributed by atoms with Crippen molar-refractivity contribution in [2.24, 2.45) is 0 Å². The Hall–Kier alpha value is -2.80. The first-order valence-corrected chi connectivity index (χ1v) is 8.00. The average molecular weight is 341 g/mol. The lowest BCUT2D eigenvalue weighted by atomic mass is 10.1. The first-order valence-electron chi connectivity index (χ1n) is 8.00. The number of benzene rings is 1. The maximum atomic E-state index is 13.6. The normalized spacial score (nSPS) is 12.4. The van der Waals surface area contributed by atoms with Crippen molar-refractivity contribution < 1.29 is 9.50 Å². The maximum absolute atomic E-state index is 13.6. The number of rotatable bonds is 4. The van der Waals surface area contributed by atoms with Crippen molar-refractivity contribution in [3.8, 4) is 11.4 Å². The molecule has 2 heterocycles. The Morgan fingerprint density at radius 2 is 2.04 bits per heavy atom. The molecular weight excluding hydrogens is 321 g/mol. The number of imidazole rings is 1. The summed E-state index contributed by atoms with van der Waals surface area (Å²) in [6, 6.07) is 6.23. The fourth-order valence-electron chi connectivity index (χ4n) is 2.54. The minimum absolute atomic E-state index is 0.241. The number of aryl methyl sites for hydroxylation is 1.